The van der Waals surface area contributed by atoms with Crippen molar-refractivity contribution >= 4 is 34.5 Å². The van der Waals surface area contributed by atoms with Crippen molar-refractivity contribution < 1.29 is 9.53 Å². The zero-order valence-electron chi connectivity index (χ0n) is 9.89. The Kier molecular flexibility index (Phi) is 3.95. The second-order valence-corrected chi connectivity index (χ2v) is 4.06. The van der Waals surface area contributed by atoms with Crippen LogP contribution in [0.4, 0.5) is 0 Å². The number of carbonyl (C=O) groups is 1. The zero-order chi connectivity index (χ0) is 13.0. The molecule has 0 spiro atoms. The van der Waals surface area contributed by atoms with E-state index in [1.165, 1.54) is 6.08 Å². The van der Waals surface area contributed by atoms with Gasteiger partial charge >= 0.3 is 5.97 Å². The quantitative estimate of drug-likeness (QED) is 0.627. The van der Waals surface area contributed by atoms with Crippen LogP contribution >= 0.6 is 11.6 Å². The Morgan fingerprint density at radius 3 is 3.06 bits per heavy atom. The third kappa shape index (κ3) is 2.87. The average molecular weight is 262 g/mol. The molecule has 1 heterocycles. The van der Waals surface area contributed by atoms with Gasteiger partial charge in [-0.05, 0) is 30.7 Å². The van der Waals surface area contributed by atoms with Crippen LogP contribution in [0.2, 0.25) is 5.02 Å². The first-order chi connectivity index (χ1) is 8.70. The number of rotatable bonds is 3. The first kappa shape index (κ1) is 12.6. The van der Waals surface area contributed by atoms with Gasteiger partial charge in [-0.2, -0.15) is 0 Å². The summed E-state index contributed by atoms with van der Waals surface area (Å²) in [6, 6.07) is 7.38. The van der Waals surface area contributed by atoms with E-state index >= 15 is 0 Å². The zero-order valence-corrected chi connectivity index (χ0v) is 10.6. The van der Waals surface area contributed by atoms with Crippen LogP contribution in [0, 0.1) is 0 Å². The highest BCUT2D eigenvalue weighted by Gasteiger charge is 2.00. The van der Waals surface area contributed by atoms with Crippen LogP contribution < -0.4 is 0 Å². The molecule has 2 aromatic rings. The highest BCUT2D eigenvalue weighted by molar-refractivity contribution is 6.35. The van der Waals surface area contributed by atoms with Crippen LogP contribution in [0.15, 0.2) is 36.5 Å². The normalized spacial score (nSPS) is 11.0. The number of esters is 1. The number of pyridine rings is 1. The molecule has 0 saturated heterocycles. The summed E-state index contributed by atoms with van der Waals surface area (Å²) >= 11 is 6.05. The van der Waals surface area contributed by atoms with Gasteiger partial charge in [-0.15, -0.1) is 0 Å². The molecular weight excluding hydrogens is 250 g/mol. The molecule has 0 bridgehead atoms. The topological polar surface area (TPSA) is 39.2 Å². The summed E-state index contributed by atoms with van der Waals surface area (Å²) in [6.07, 6.45) is 4.75. The molecular formula is C14H12ClNO2. The lowest BCUT2D eigenvalue weighted by Gasteiger charge is -2.00. The van der Waals surface area contributed by atoms with E-state index in [9.17, 15) is 4.79 Å². The Labute approximate surface area is 110 Å². The molecule has 4 heteroatoms. The van der Waals surface area contributed by atoms with Crippen molar-refractivity contribution in [3.05, 3.63) is 47.1 Å². The lowest BCUT2D eigenvalue weighted by Crippen LogP contribution is -1.98. The molecule has 3 nitrogen and oxygen atoms in total. The highest BCUT2D eigenvalue weighted by atomic mass is 35.5. The smallest absolute Gasteiger partial charge is 0.330 e. The molecule has 0 N–H and O–H groups in total. The first-order valence-corrected chi connectivity index (χ1v) is 5.97. The average Bonchev–Trinajstić information content (AvgIpc) is 2.37. The molecule has 0 atom stereocenters. The summed E-state index contributed by atoms with van der Waals surface area (Å²) in [6.45, 7) is 2.14. The van der Waals surface area contributed by atoms with Gasteiger partial charge < -0.3 is 4.74 Å². The number of nitrogens with zero attached hydrogens (tertiary/aromatic N) is 1. The summed E-state index contributed by atoms with van der Waals surface area (Å²) < 4.78 is 4.81. The van der Waals surface area contributed by atoms with Gasteiger partial charge in [-0.3, -0.25) is 4.98 Å². The SMILES string of the molecule is CCOC(=O)C=Cc1ccc2c(Cl)ccnc2c1. The maximum absolute atomic E-state index is 11.2. The van der Waals surface area contributed by atoms with E-state index < -0.39 is 0 Å². The number of hydrogen-bond acceptors (Lipinski definition) is 3. The minimum Gasteiger partial charge on any atom is -0.463 e. The second kappa shape index (κ2) is 5.65. The van der Waals surface area contributed by atoms with Gasteiger partial charge in [0.2, 0.25) is 0 Å². The Bertz CT molecular complexity index is 608. The number of carbonyl (C=O) groups excluding carboxylic acids is 1. The molecule has 92 valence electrons. The molecule has 0 aliphatic heterocycles. The number of benzene rings is 1. The number of aromatic nitrogens is 1. The lowest BCUT2D eigenvalue weighted by atomic mass is 10.1. The molecule has 0 unspecified atom stereocenters. The summed E-state index contributed by atoms with van der Waals surface area (Å²) in [5, 5.41) is 1.56. The maximum atomic E-state index is 11.2. The van der Waals surface area contributed by atoms with Gasteiger partial charge in [0.1, 0.15) is 0 Å². The fraction of sp³-hybridized carbons (Fsp3) is 0.143. The number of fused-ring (bicyclic) bond motifs is 1. The minimum atomic E-state index is -0.350. The van der Waals surface area contributed by atoms with E-state index in [0.717, 1.165) is 16.5 Å². The van der Waals surface area contributed by atoms with Crippen molar-refractivity contribution in [3.8, 4) is 0 Å². The van der Waals surface area contributed by atoms with Crippen LogP contribution in [0.3, 0.4) is 0 Å². The Morgan fingerprint density at radius 2 is 2.28 bits per heavy atom. The predicted octanol–water partition coefficient (Wildman–Crippen LogP) is 3.46. The molecule has 0 aliphatic rings. The number of halogens is 1. The minimum absolute atomic E-state index is 0.350. The molecule has 18 heavy (non-hydrogen) atoms. The van der Waals surface area contributed by atoms with Crippen molar-refractivity contribution in [2.45, 2.75) is 6.92 Å². The third-order valence-electron chi connectivity index (χ3n) is 2.41. The molecule has 0 aliphatic carbocycles. The van der Waals surface area contributed by atoms with Crippen molar-refractivity contribution in [1.29, 1.82) is 0 Å². The summed E-state index contributed by atoms with van der Waals surface area (Å²) in [5.41, 5.74) is 1.68. The standard InChI is InChI=1S/C14H12ClNO2/c1-2-18-14(17)6-4-10-3-5-11-12(15)7-8-16-13(11)9-10/h3-9H,2H2,1H3. The van der Waals surface area contributed by atoms with Gasteiger partial charge in [0.25, 0.3) is 0 Å². The van der Waals surface area contributed by atoms with E-state index in [-0.39, 0.29) is 5.97 Å². The molecule has 0 saturated carbocycles. The fourth-order valence-electron chi connectivity index (χ4n) is 1.59. The fourth-order valence-corrected chi connectivity index (χ4v) is 1.80. The first-order valence-electron chi connectivity index (χ1n) is 5.60. The molecule has 0 amide bonds. The van der Waals surface area contributed by atoms with E-state index in [1.807, 2.05) is 18.2 Å². The Balaban J connectivity index is 2.28. The number of ether oxygens (including phenoxy) is 1. The van der Waals surface area contributed by atoms with E-state index in [0.29, 0.717) is 11.6 Å². The summed E-state index contributed by atoms with van der Waals surface area (Å²) in [4.78, 5) is 15.4. The van der Waals surface area contributed by atoms with E-state index in [4.69, 9.17) is 16.3 Å². The summed E-state index contributed by atoms with van der Waals surface area (Å²) in [7, 11) is 0. The Morgan fingerprint density at radius 1 is 1.44 bits per heavy atom. The largest absolute Gasteiger partial charge is 0.463 e. The van der Waals surface area contributed by atoms with Gasteiger partial charge in [-0.1, -0.05) is 23.7 Å². The van der Waals surface area contributed by atoms with Crippen LogP contribution in [0.25, 0.3) is 17.0 Å². The van der Waals surface area contributed by atoms with Crippen LogP contribution in [-0.2, 0) is 9.53 Å². The van der Waals surface area contributed by atoms with Gasteiger partial charge in [0, 0.05) is 17.7 Å². The molecule has 2 rings (SSSR count). The van der Waals surface area contributed by atoms with Crippen LogP contribution in [0.1, 0.15) is 12.5 Å². The maximum Gasteiger partial charge on any atom is 0.330 e. The van der Waals surface area contributed by atoms with Gasteiger partial charge in [-0.25, -0.2) is 4.79 Å². The second-order valence-electron chi connectivity index (χ2n) is 3.65. The molecule has 1 aromatic carbocycles. The highest BCUT2D eigenvalue weighted by Crippen LogP contribution is 2.22. The third-order valence-corrected chi connectivity index (χ3v) is 2.74. The van der Waals surface area contributed by atoms with Crippen molar-refractivity contribution in [3.63, 3.8) is 0 Å². The van der Waals surface area contributed by atoms with Gasteiger partial charge in [0.05, 0.1) is 17.1 Å². The lowest BCUT2D eigenvalue weighted by molar-refractivity contribution is -0.137. The molecule has 1 aromatic heterocycles. The van der Waals surface area contributed by atoms with Crippen molar-refractivity contribution in [1.82, 2.24) is 4.98 Å². The van der Waals surface area contributed by atoms with E-state index in [1.54, 1.807) is 25.3 Å². The predicted molar refractivity (Wildman–Crippen MR) is 72.4 cm³/mol. The molecule has 0 fully saturated rings. The van der Waals surface area contributed by atoms with Crippen molar-refractivity contribution in [2.75, 3.05) is 6.61 Å². The van der Waals surface area contributed by atoms with Gasteiger partial charge in [0.15, 0.2) is 0 Å². The molecule has 0 radical (unpaired) electrons. The monoisotopic (exact) mass is 261 g/mol. The van der Waals surface area contributed by atoms with Crippen molar-refractivity contribution in [2.24, 2.45) is 0 Å². The van der Waals surface area contributed by atoms with Crippen LogP contribution in [0.5, 0.6) is 0 Å². The van der Waals surface area contributed by atoms with E-state index in [2.05, 4.69) is 4.98 Å². The van der Waals surface area contributed by atoms with Crippen LogP contribution in [-0.4, -0.2) is 17.6 Å². The number of hydrogen-bond donors (Lipinski definition) is 0. The summed E-state index contributed by atoms with van der Waals surface area (Å²) in [5.74, 6) is -0.350. The Hall–Kier alpha value is -1.87.